The van der Waals surface area contributed by atoms with Crippen molar-refractivity contribution in [2.45, 2.75) is 20.3 Å². The van der Waals surface area contributed by atoms with Crippen molar-refractivity contribution < 1.29 is 19.1 Å². The summed E-state index contributed by atoms with van der Waals surface area (Å²) in [6.07, 6.45) is 2.03. The Hall–Kier alpha value is -2.06. The van der Waals surface area contributed by atoms with Crippen LogP contribution in [0.3, 0.4) is 0 Å². The van der Waals surface area contributed by atoms with Crippen LogP contribution in [0, 0.1) is 5.92 Å². The van der Waals surface area contributed by atoms with E-state index in [-0.39, 0.29) is 17.7 Å². The fourth-order valence-electron chi connectivity index (χ4n) is 2.20. The Balaban J connectivity index is 2.18. The lowest BCUT2D eigenvalue weighted by Crippen LogP contribution is -2.45. The van der Waals surface area contributed by atoms with Crippen molar-refractivity contribution in [2.24, 2.45) is 5.92 Å². The van der Waals surface area contributed by atoms with E-state index in [0.29, 0.717) is 27.1 Å². The molecule has 1 fully saturated rings. The molecule has 0 aromatic heterocycles. The summed E-state index contributed by atoms with van der Waals surface area (Å²) >= 11 is 6.34. The molecule has 0 spiro atoms. The Morgan fingerprint density at radius 1 is 1.32 bits per heavy atom. The summed E-state index contributed by atoms with van der Waals surface area (Å²) in [5.41, 5.74) is 3.33. The molecule has 1 heterocycles. The first-order valence-electron chi connectivity index (χ1n) is 7.65. The molecule has 1 aromatic rings. The van der Waals surface area contributed by atoms with Gasteiger partial charge in [0, 0.05) is 6.42 Å². The van der Waals surface area contributed by atoms with Gasteiger partial charge >= 0.3 is 0 Å². The van der Waals surface area contributed by atoms with Gasteiger partial charge < -0.3 is 9.47 Å². The molecule has 0 saturated carbocycles. The van der Waals surface area contributed by atoms with E-state index in [1.54, 1.807) is 32.4 Å². The summed E-state index contributed by atoms with van der Waals surface area (Å²) in [5, 5.41) is 1.12. The van der Waals surface area contributed by atoms with Gasteiger partial charge in [-0.2, -0.15) is 5.01 Å². The predicted octanol–water partition coefficient (Wildman–Crippen LogP) is 2.98. The average Bonchev–Trinajstić information content (AvgIpc) is 2.81. The zero-order valence-corrected chi connectivity index (χ0v) is 16.1. The molecule has 2 amide bonds. The Bertz CT molecular complexity index is 731. The van der Waals surface area contributed by atoms with Gasteiger partial charge in [0.05, 0.1) is 19.1 Å². The minimum Gasteiger partial charge on any atom is -0.493 e. The third kappa shape index (κ3) is 4.73. The van der Waals surface area contributed by atoms with Crippen LogP contribution in [0.4, 0.5) is 0 Å². The van der Waals surface area contributed by atoms with Crippen molar-refractivity contribution in [2.75, 3.05) is 14.2 Å². The predicted molar refractivity (Wildman–Crippen MR) is 102 cm³/mol. The van der Waals surface area contributed by atoms with E-state index in [4.69, 9.17) is 21.7 Å². The topological polar surface area (TPSA) is 67.9 Å². The molecule has 0 atom stereocenters. The summed E-state index contributed by atoms with van der Waals surface area (Å²) in [6, 6.07) is 5.34. The molecule has 8 heteroatoms. The number of carbonyl (C=O) groups excluding carboxylic acids is 2. The number of methoxy groups -OCH3 is 2. The van der Waals surface area contributed by atoms with Crippen LogP contribution in [0.5, 0.6) is 11.5 Å². The van der Waals surface area contributed by atoms with Crippen LogP contribution in [0.2, 0.25) is 0 Å². The molecule has 0 aliphatic carbocycles. The molecule has 1 aliphatic heterocycles. The van der Waals surface area contributed by atoms with Crippen molar-refractivity contribution in [1.82, 2.24) is 10.4 Å². The number of carbonyl (C=O) groups is 2. The van der Waals surface area contributed by atoms with Gasteiger partial charge in [0.1, 0.15) is 0 Å². The second-order valence-electron chi connectivity index (χ2n) is 5.76. The molecule has 1 saturated heterocycles. The number of nitrogens with zero attached hydrogens (tertiary/aromatic N) is 1. The van der Waals surface area contributed by atoms with Gasteiger partial charge in [0.15, 0.2) is 15.8 Å². The zero-order chi connectivity index (χ0) is 18.6. The maximum atomic E-state index is 12.5. The molecule has 1 N–H and O–H groups in total. The van der Waals surface area contributed by atoms with Crippen molar-refractivity contribution in [3.8, 4) is 11.5 Å². The number of hydrogen-bond acceptors (Lipinski definition) is 6. The molecule has 0 bridgehead atoms. The first-order valence-corrected chi connectivity index (χ1v) is 8.87. The summed E-state index contributed by atoms with van der Waals surface area (Å²) in [4.78, 5) is 24.8. The molecule has 134 valence electrons. The van der Waals surface area contributed by atoms with Gasteiger partial charge in [-0.25, -0.2) is 0 Å². The number of thioether (sulfide) groups is 1. The molecule has 0 unspecified atom stereocenters. The van der Waals surface area contributed by atoms with Crippen LogP contribution in [0.15, 0.2) is 23.1 Å². The van der Waals surface area contributed by atoms with Gasteiger partial charge in [0.2, 0.25) is 5.91 Å². The SMILES string of the molecule is COc1ccc(C=C2SC(=S)N(NC(=O)CC(C)C)C2=O)cc1OC. The second kappa shape index (κ2) is 8.35. The third-order valence-corrected chi connectivity index (χ3v) is 4.63. The Morgan fingerprint density at radius 2 is 2.00 bits per heavy atom. The van der Waals surface area contributed by atoms with Crippen LogP contribution < -0.4 is 14.9 Å². The van der Waals surface area contributed by atoms with E-state index in [2.05, 4.69) is 5.43 Å². The Labute approximate surface area is 156 Å². The minimum absolute atomic E-state index is 0.195. The van der Waals surface area contributed by atoms with E-state index in [9.17, 15) is 9.59 Å². The fraction of sp³-hybridized carbons (Fsp3) is 0.353. The lowest BCUT2D eigenvalue weighted by atomic mass is 10.1. The molecule has 1 aromatic carbocycles. The molecule has 6 nitrogen and oxygen atoms in total. The molecule has 0 radical (unpaired) electrons. The largest absolute Gasteiger partial charge is 0.493 e. The number of nitrogens with one attached hydrogen (secondary N) is 1. The third-order valence-electron chi connectivity index (χ3n) is 3.33. The van der Waals surface area contributed by atoms with Crippen LogP contribution in [-0.4, -0.2) is 35.4 Å². The van der Waals surface area contributed by atoms with E-state index in [0.717, 1.165) is 22.3 Å². The number of thiocarbonyl (C=S) groups is 1. The lowest BCUT2D eigenvalue weighted by Gasteiger charge is -2.16. The number of hydrogen-bond donors (Lipinski definition) is 1. The number of amides is 2. The molecule has 1 aliphatic rings. The smallest absolute Gasteiger partial charge is 0.285 e. The average molecular weight is 380 g/mol. The van der Waals surface area contributed by atoms with Crippen LogP contribution in [-0.2, 0) is 9.59 Å². The lowest BCUT2D eigenvalue weighted by molar-refractivity contribution is -0.133. The summed E-state index contributed by atoms with van der Waals surface area (Å²) in [7, 11) is 3.11. The monoisotopic (exact) mass is 380 g/mol. The summed E-state index contributed by atoms with van der Waals surface area (Å²) < 4.78 is 10.8. The Kier molecular flexibility index (Phi) is 6.44. The molecule has 2 rings (SSSR count). The number of rotatable bonds is 6. The van der Waals surface area contributed by atoms with E-state index in [1.165, 1.54) is 0 Å². The van der Waals surface area contributed by atoms with Crippen LogP contribution >= 0.6 is 24.0 Å². The number of ether oxygens (including phenoxy) is 2. The normalized spacial score (nSPS) is 15.9. The van der Waals surface area contributed by atoms with Crippen molar-refractivity contribution >= 4 is 46.2 Å². The Morgan fingerprint density at radius 3 is 2.60 bits per heavy atom. The molecular formula is C17H20N2O4S2. The highest BCUT2D eigenvalue weighted by Gasteiger charge is 2.33. The van der Waals surface area contributed by atoms with E-state index < -0.39 is 0 Å². The van der Waals surface area contributed by atoms with Gasteiger partial charge in [-0.3, -0.25) is 15.0 Å². The van der Waals surface area contributed by atoms with Gasteiger partial charge in [0.25, 0.3) is 5.91 Å². The standard InChI is InChI=1S/C17H20N2O4S2/c1-10(2)7-15(20)18-19-16(21)14(25-17(19)24)9-11-5-6-12(22-3)13(8-11)23-4/h5-6,8-10H,7H2,1-4H3,(H,18,20). The van der Waals surface area contributed by atoms with Gasteiger partial charge in [-0.1, -0.05) is 31.7 Å². The maximum absolute atomic E-state index is 12.5. The van der Waals surface area contributed by atoms with E-state index in [1.807, 2.05) is 19.9 Å². The van der Waals surface area contributed by atoms with Crippen LogP contribution in [0.25, 0.3) is 6.08 Å². The summed E-state index contributed by atoms with van der Waals surface area (Å²) in [6.45, 7) is 3.86. The van der Waals surface area contributed by atoms with E-state index >= 15 is 0 Å². The van der Waals surface area contributed by atoms with Crippen molar-refractivity contribution in [3.05, 3.63) is 28.7 Å². The van der Waals surface area contributed by atoms with Gasteiger partial charge in [-0.05, 0) is 41.9 Å². The number of benzene rings is 1. The van der Waals surface area contributed by atoms with Crippen LogP contribution in [0.1, 0.15) is 25.8 Å². The fourth-order valence-corrected chi connectivity index (χ4v) is 3.38. The zero-order valence-electron chi connectivity index (χ0n) is 14.5. The molecule has 25 heavy (non-hydrogen) atoms. The van der Waals surface area contributed by atoms with Crippen molar-refractivity contribution in [1.29, 1.82) is 0 Å². The first-order chi connectivity index (χ1) is 11.8. The highest BCUT2D eigenvalue weighted by Crippen LogP contribution is 2.33. The number of hydrazine groups is 1. The summed E-state index contributed by atoms with van der Waals surface area (Å²) in [5.74, 6) is 0.784. The second-order valence-corrected chi connectivity index (χ2v) is 7.44. The quantitative estimate of drug-likeness (QED) is 0.604. The van der Waals surface area contributed by atoms with Crippen molar-refractivity contribution in [3.63, 3.8) is 0 Å². The first kappa shape index (κ1) is 19.3. The van der Waals surface area contributed by atoms with Gasteiger partial charge in [-0.15, -0.1) is 0 Å². The highest BCUT2D eigenvalue weighted by molar-refractivity contribution is 8.26. The minimum atomic E-state index is -0.345. The maximum Gasteiger partial charge on any atom is 0.285 e. The molecular weight excluding hydrogens is 360 g/mol. The highest BCUT2D eigenvalue weighted by atomic mass is 32.2.